The molecule has 0 saturated carbocycles. The summed E-state index contributed by atoms with van der Waals surface area (Å²) in [5, 5.41) is 5.58. The zero-order valence-electron chi connectivity index (χ0n) is 13.0. The van der Waals surface area contributed by atoms with Crippen molar-refractivity contribution in [2.75, 3.05) is 5.32 Å². The van der Waals surface area contributed by atoms with Crippen molar-refractivity contribution in [3.05, 3.63) is 54.0 Å². The van der Waals surface area contributed by atoms with Crippen LogP contribution in [0.15, 0.2) is 47.1 Å². The Balaban J connectivity index is 2.01. The van der Waals surface area contributed by atoms with E-state index in [0.717, 1.165) is 0 Å². The van der Waals surface area contributed by atoms with Crippen LogP contribution in [0.2, 0.25) is 0 Å². The second-order valence-electron chi connectivity index (χ2n) is 6.05. The molecule has 2 N–H and O–H groups in total. The van der Waals surface area contributed by atoms with Crippen molar-refractivity contribution in [3.63, 3.8) is 0 Å². The topological polar surface area (TPSA) is 71.3 Å². The van der Waals surface area contributed by atoms with Gasteiger partial charge in [0, 0.05) is 16.7 Å². The number of furan rings is 1. The van der Waals surface area contributed by atoms with Crippen molar-refractivity contribution >= 4 is 17.5 Å². The lowest BCUT2D eigenvalue weighted by molar-refractivity contribution is -0.123. The highest BCUT2D eigenvalue weighted by Gasteiger charge is 2.21. The summed E-state index contributed by atoms with van der Waals surface area (Å²) in [6.07, 6.45) is 1.56. The highest BCUT2D eigenvalue weighted by molar-refractivity contribution is 5.98. The smallest absolute Gasteiger partial charge is 0.251 e. The van der Waals surface area contributed by atoms with E-state index < -0.39 is 5.41 Å². The lowest BCUT2D eigenvalue weighted by Gasteiger charge is -2.17. The van der Waals surface area contributed by atoms with Crippen LogP contribution in [0.4, 0.5) is 5.69 Å². The van der Waals surface area contributed by atoms with Gasteiger partial charge in [0.25, 0.3) is 5.91 Å². The molecule has 2 amide bonds. The molecule has 1 aromatic carbocycles. The van der Waals surface area contributed by atoms with Gasteiger partial charge in [-0.05, 0) is 30.3 Å². The van der Waals surface area contributed by atoms with Gasteiger partial charge in [0.1, 0.15) is 5.76 Å². The molecule has 116 valence electrons. The molecule has 22 heavy (non-hydrogen) atoms. The van der Waals surface area contributed by atoms with Gasteiger partial charge in [-0.15, -0.1) is 0 Å². The maximum absolute atomic E-state index is 12.1. The molecule has 0 aliphatic carbocycles. The van der Waals surface area contributed by atoms with Crippen LogP contribution in [-0.2, 0) is 11.3 Å². The van der Waals surface area contributed by atoms with Gasteiger partial charge in [0.2, 0.25) is 5.91 Å². The van der Waals surface area contributed by atoms with Crippen molar-refractivity contribution in [2.45, 2.75) is 27.3 Å². The van der Waals surface area contributed by atoms with Crippen LogP contribution in [0.25, 0.3) is 0 Å². The second kappa shape index (κ2) is 6.47. The van der Waals surface area contributed by atoms with Gasteiger partial charge in [-0.1, -0.05) is 26.8 Å². The molecule has 1 aromatic heterocycles. The maximum Gasteiger partial charge on any atom is 0.251 e. The minimum atomic E-state index is -0.489. The minimum absolute atomic E-state index is 0.0966. The standard InChI is InChI=1S/C17H20N2O3/c1-17(2,3)16(21)19-13-7-4-6-12(10-13)15(20)18-11-14-8-5-9-22-14/h4-10H,11H2,1-3H3,(H,18,20)(H,19,21). The molecular formula is C17H20N2O3. The fourth-order valence-corrected chi connectivity index (χ4v) is 1.74. The van der Waals surface area contributed by atoms with Crippen LogP contribution < -0.4 is 10.6 Å². The van der Waals surface area contributed by atoms with Crippen molar-refractivity contribution in [1.29, 1.82) is 0 Å². The number of carbonyl (C=O) groups excluding carboxylic acids is 2. The number of rotatable bonds is 4. The van der Waals surface area contributed by atoms with E-state index in [-0.39, 0.29) is 11.8 Å². The first-order valence-corrected chi connectivity index (χ1v) is 7.08. The van der Waals surface area contributed by atoms with E-state index in [1.807, 2.05) is 20.8 Å². The summed E-state index contributed by atoms with van der Waals surface area (Å²) in [4.78, 5) is 24.1. The summed E-state index contributed by atoms with van der Waals surface area (Å²) in [6.45, 7) is 5.83. The lowest BCUT2D eigenvalue weighted by atomic mass is 9.95. The van der Waals surface area contributed by atoms with E-state index >= 15 is 0 Å². The summed E-state index contributed by atoms with van der Waals surface area (Å²) in [5.74, 6) is 0.370. The zero-order chi connectivity index (χ0) is 16.2. The van der Waals surface area contributed by atoms with Crippen molar-refractivity contribution in [2.24, 2.45) is 5.41 Å². The number of benzene rings is 1. The number of nitrogens with one attached hydrogen (secondary N) is 2. The van der Waals surface area contributed by atoms with Crippen LogP contribution in [0, 0.1) is 5.41 Å². The van der Waals surface area contributed by atoms with Crippen LogP contribution >= 0.6 is 0 Å². The summed E-state index contributed by atoms with van der Waals surface area (Å²) in [5.41, 5.74) is 0.598. The molecule has 0 radical (unpaired) electrons. The Labute approximate surface area is 129 Å². The van der Waals surface area contributed by atoms with Crippen molar-refractivity contribution in [3.8, 4) is 0 Å². The molecule has 0 saturated heterocycles. The number of hydrogen-bond acceptors (Lipinski definition) is 3. The fourth-order valence-electron chi connectivity index (χ4n) is 1.74. The Bertz CT molecular complexity index is 655. The van der Waals surface area contributed by atoms with E-state index in [0.29, 0.717) is 23.6 Å². The molecule has 0 unspecified atom stereocenters. The summed E-state index contributed by atoms with van der Waals surface area (Å²) < 4.78 is 5.16. The Kier molecular flexibility index (Phi) is 4.65. The van der Waals surface area contributed by atoms with Crippen LogP contribution in [0.1, 0.15) is 36.9 Å². The molecule has 0 aliphatic heterocycles. The van der Waals surface area contributed by atoms with E-state index in [1.165, 1.54) is 0 Å². The Morgan fingerprint density at radius 3 is 2.55 bits per heavy atom. The van der Waals surface area contributed by atoms with Crippen molar-refractivity contribution < 1.29 is 14.0 Å². The molecule has 5 nitrogen and oxygen atoms in total. The normalized spacial score (nSPS) is 11.0. The zero-order valence-corrected chi connectivity index (χ0v) is 13.0. The lowest BCUT2D eigenvalue weighted by Crippen LogP contribution is -2.28. The highest BCUT2D eigenvalue weighted by Crippen LogP contribution is 2.18. The molecule has 0 aliphatic rings. The Hall–Kier alpha value is -2.56. The molecule has 2 rings (SSSR count). The molecule has 0 fully saturated rings. The van der Waals surface area contributed by atoms with E-state index in [1.54, 1.807) is 42.7 Å². The van der Waals surface area contributed by atoms with Gasteiger partial charge in [0.15, 0.2) is 0 Å². The van der Waals surface area contributed by atoms with Gasteiger partial charge in [-0.3, -0.25) is 9.59 Å². The predicted octanol–water partition coefficient (Wildman–Crippen LogP) is 3.19. The largest absolute Gasteiger partial charge is 0.467 e. The first kappa shape index (κ1) is 15.8. The molecule has 0 spiro atoms. The van der Waals surface area contributed by atoms with E-state index in [2.05, 4.69) is 10.6 Å². The summed E-state index contributed by atoms with van der Waals surface area (Å²) in [7, 11) is 0. The monoisotopic (exact) mass is 300 g/mol. The fraction of sp³-hybridized carbons (Fsp3) is 0.294. The quantitative estimate of drug-likeness (QED) is 0.911. The minimum Gasteiger partial charge on any atom is -0.467 e. The average molecular weight is 300 g/mol. The third-order valence-electron chi connectivity index (χ3n) is 3.07. The molecule has 2 aromatic rings. The SMILES string of the molecule is CC(C)(C)C(=O)Nc1cccc(C(=O)NCc2ccco2)c1. The highest BCUT2D eigenvalue weighted by atomic mass is 16.3. The third-order valence-corrected chi connectivity index (χ3v) is 3.07. The first-order chi connectivity index (χ1) is 10.4. The van der Waals surface area contributed by atoms with Gasteiger partial charge in [-0.25, -0.2) is 0 Å². The number of hydrogen-bond donors (Lipinski definition) is 2. The maximum atomic E-state index is 12.1. The summed E-state index contributed by atoms with van der Waals surface area (Å²) >= 11 is 0. The Morgan fingerprint density at radius 2 is 1.91 bits per heavy atom. The average Bonchev–Trinajstić information content (AvgIpc) is 2.97. The van der Waals surface area contributed by atoms with E-state index in [4.69, 9.17) is 4.42 Å². The molecule has 0 bridgehead atoms. The van der Waals surface area contributed by atoms with Gasteiger partial charge in [0.05, 0.1) is 12.8 Å². The molecule has 0 atom stereocenters. The van der Waals surface area contributed by atoms with Gasteiger partial charge >= 0.3 is 0 Å². The predicted molar refractivity (Wildman–Crippen MR) is 84.4 cm³/mol. The van der Waals surface area contributed by atoms with E-state index in [9.17, 15) is 9.59 Å². The second-order valence-corrected chi connectivity index (χ2v) is 6.05. The van der Waals surface area contributed by atoms with Crippen LogP contribution in [0.5, 0.6) is 0 Å². The first-order valence-electron chi connectivity index (χ1n) is 7.08. The molecule has 1 heterocycles. The number of anilines is 1. The van der Waals surface area contributed by atoms with Crippen LogP contribution in [-0.4, -0.2) is 11.8 Å². The Morgan fingerprint density at radius 1 is 1.14 bits per heavy atom. The van der Waals surface area contributed by atoms with Gasteiger partial charge in [-0.2, -0.15) is 0 Å². The van der Waals surface area contributed by atoms with Crippen LogP contribution in [0.3, 0.4) is 0 Å². The van der Waals surface area contributed by atoms with Gasteiger partial charge < -0.3 is 15.1 Å². The summed E-state index contributed by atoms with van der Waals surface area (Å²) in [6, 6.07) is 10.4. The number of carbonyl (C=O) groups is 2. The molecular weight excluding hydrogens is 280 g/mol. The number of amides is 2. The van der Waals surface area contributed by atoms with Crippen molar-refractivity contribution in [1.82, 2.24) is 5.32 Å². The third kappa shape index (κ3) is 4.22. The molecule has 5 heteroatoms.